The van der Waals surface area contributed by atoms with E-state index in [1.807, 2.05) is 74.5 Å². The van der Waals surface area contributed by atoms with Gasteiger partial charge in [0.05, 0.1) is 21.4 Å². The van der Waals surface area contributed by atoms with Crippen LogP contribution in [-0.4, -0.2) is 25.9 Å². The summed E-state index contributed by atoms with van der Waals surface area (Å²) in [6, 6.07) is 21.7. The molecule has 0 aliphatic heterocycles. The fraction of sp³-hybridized carbons (Fsp3) is 0.130. The predicted octanol–water partition coefficient (Wildman–Crippen LogP) is 5.02. The van der Waals surface area contributed by atoms with Crippen LogP contribution in [-0.2, 0) is 11.3 Å². The molecule has 0 unspecified atom stereocenters. The van der Waals surface area contributed by atoms with Gasteiger partial charge in [0, 0.05) is 0 Å². The third-order valence-electron chi connectivity index (χ3n) is 4.89. The topological polar surface area (TPSA) is 63.9 Å². The molecule has 0 aliphatic rings. The van der Waals surface area contributed by atoms with Crippen LogP contribution in [0.25, 0.3) is 21.3 Å². The van der Waals surface area contributed by atoms with E-state index in [4.69, 9.17) is 4.98 Å². The molecule has 2 heterocycles. The summed E-state index contributed by atoms with van der Waals surface area (Å²) in [6.45, 7) is 4.13. The molecular weight excluding hydrogens is 394 g/mol. The van der Waals surface area contributed by atoms with Crippen molar-refractivity contribution in [3.8, 4) is 0 Å². The molecule has 0 radical (unpaired) electrons. The standard InChI is InChI=1S/C23H19N5OS/c1-15-11-16(2)13-17(12-15)28(23-24-19-8-4-6-10-21(19)30-23)22(29)14-27-20-9-5-3-7-18(20)25-26-27/h3-13H,14H2,1-2H3. The number of nitrogens with zero attached hydrogens (tertiary/aromatic N) is 5. The average Bonchev–Trinajstić information content (AvgIpc) is 3.32. The first-order chi connectivity index (χ1) is 14.6. The summed E-state index contributed by atoms with van der Waals surface area (Å²) in [7, 11) is 0. The number of benzene rings is 3. The number of fused-ring (bicyclic) bond motifs is 2. The van der Waals surface area contributed by atoms with Crippen molar-refractivity contribution >= 4 is 49.3 Å². The summed E-state index contributed by atoms with van der Waals surface area (Å²) < 4.78 is 2.68. The fourth-order valence-corrected chi connectivity index (χ4v) is 4.63. The molecule has 0 aliphatic carbocycles. The van der Waals surface area contributed by atoms with Crippen LogP contribution >= 0.6 is 11.3 Å². The lowest BCUT2D eigenvalue weighted by Crippen LogP contribution is -2.30. The Labute approximate surface area is 177 Å². The number of carbonyl (C=O) groups excluding carboxylic acids is 1. The predicted molar refractivity (Wildman–Crippen MR) is 120 cm³/mol. The maximum absolute atomic E-state index is 13.6. The van der Waals surface area contributed by atoms with Crippen LogP contribution in [0, 0.1) is 13.8 Å². The van der Waals surface area contributed by atoms with E-state index in [1.54, 1.807) is 9.58 Å². The van der Waals surface area contributed by atoms with Gasteiger partial charge in [0.1, 0.15) is 12.1 Å². The number of thiazole rings is 1. The van der Waals surface area contributed by atoms with Crippen LogP contribution in [0.4, 0.5) is 10.8 Å². The van der Waals surface area contributed by atoms with Gasteiger partial charge in [-0.3, -0.25) is 9.69 Å². The van der Waals surface area contributed by atoms with E-state index in [9.17, 15) is 4.79 Å². The molecule has 2 aromatic heterocycles. The van der Waals surface area contributed by atoms with Gasteiger partial charge in [0.25, 0.3) is 5.91 Å². The zero-order valence-electron chi connectivity index (χ0n) is 16.6. The molecule has 3 aromatic carbocycles. The third kappa shape index (κ3) is 3.33. The highest BCUT2D eigenvalue weighted by Crippen LogP contribution is 2.34. The lowest BCUT2D eigenvalue weighted by molar-refractivity contribution is -0.118. The van der Waals surface area contributed by atoms with E-state index in [0.29, 0.717) is 5.13 Å². The van der Waals surface area contributed by atoms with Crippen molar-refractivity contribution in [2.45, 2.75) is 20.4 Å². The number of rotatable bonds is 4. The van der Waals surface area contributed by atoms with Crippen LogP contribution in [0.1, 0.15) is 11.1 Å². The summed E-state index contributed by atoms with van der Waals surface area (Å²) in [5, 5.41) is 9.00. The molecule has 7 heteroatoms. The van der Waals surface area contributed by atoms with Crippen molar-refractivity contribution in [3.63, 3.8) is 0 Å². The molecule has 0 saturated heterocycles. The molecule has 1 amide bonds. The highest BCUT2D eigenvalue weighted by Gasteiger charge is 2.23. The summed E-state index contributed by atoms with van der Waals surface area (Å²) >= 11 is 1.51. The number of aryl methyl sites for hydroxylation is 2. The molecule has 30 heavy (non-hydrogen) atoms. The van der Waals surface area contributed by atoms with Gasteiger partial charge >= 0.3 is 0 Å². The second-order valence-corrected chi connectivity index (χ2v) is 8.28. The minimum Gasteiger partial charge on any atom is -0.272 e. The average molecular weight is 414 g/mol. The number of amides is 1. The Balaban J connectivity index is 1.60. The summed E-state index contributed by atoms with van der Waals surface area (Å²) in [5.41, 5.74) is 5.47. The van der Waals surface area contributed by atoms with Gasteiger partial charge in [-0.25, -0.2) is 9.67 Å². The molecule has 5 aromatic rings. The van der Waals surface area contributed by atoms with E-state index in [2.05, 4.69) is 16.4 Å². The Hall–Kier alpha value is -3.58. The molecule has 6 nitrogen and oxygen atoms in total. The summed E-state index contributed by atoms with van der Waals surface area (Å²) in [4.78, 5) is 20.0. The van der Waals surface area contributed by atoms with Crippen molar-refractivity contribution in [1.82, 2.24) is 20.0 Å². The quantitative estimate of drug-likeness (QED) is 0.415. The Morgan fingerprint density at radius 2 is 1.67 bits per heavy atom. The maximum Gasteiger partial charge on any atom is 0.255 e. The first-order valence-electron chi connectivity index (χ1n) is 9.63. The van der Waals surface area contributed by atoms with Crippen molar-refractivity contribution in [2.75, 3.05) is 4.90 Å². The van der Waals surface area contributed by atoms with Crippen LogP contribution < -0.4 is 4.90 Å². The minimum absolute atomic E-state index is 0.0728. The first kappa shape index (κ1) is 18.4. The van der Waals surface area contributed by atoms with Gasteiger partial charge in [0.2, 0.25) is 0 Å². The van der Waals surface area contributed by atoms with Crippen LogP contribution in [0.2, 0.25) is 0 Å². The van der Waals surface area contributed by atoms with Gasteiger partial charge < -0.3 is 0 Å². The normalized spacial score (nSPS) is 11.3. The van der Waals surface area contributed by atoms with E-state index in [0.717, 1.165) is 38.1 Å². The Bertz CT molecular complexity index is 1330. The molecule has 148 valence electrons. The van der Waals surface area contributed by atoms with Gasteiger partial charge in [-0.1, -0.05) is 46.9 Å². The van der Waals surface area contributed by atoms with E-state index in [1.165, 1.54) is 11.3 Å². The Morgan fingerprint density at radius 1 is 0.967 bits per heavy atom. The second-order valence-electron chi connectivity index (χ2n) is 7.28. The van der Waals surface area contributed by atoms with Crippen molar-refractivity contribution in [1.29, 1.82) is 0 Å². The van der Waals surface area contributed by atoms with E-state index >= 15 is 0 Å². The lowest BCUT2D eigenvalue weighted by Gasteiger charge is -2.21. The first-order valence-corrected chi connectivity index (χ1v) is 10.5. The molecular formula is C23H19N5OS. The van der Waals surface area contributed by atoms with E-state index in [-0.39, 0.29) is 12.5 Å². The largest absolute Gasteiger partial charge is 0.272 e. The molecule has 0 fully saturated rings. The Kier molecular flexibility index (Phi) is 4.52. The van der Waals surface area contributed by atoms with Crippen LogP contribution in [0.15, 0.2) is 66.7 Å². The van der Waals surface area contributed by atoms with Crippen molar-refractivity contribution in [2.24, 2.45) is 0 Å². The molecule has 0 atom stereocenters. The molecule has 0 saturated carbocycles. The molecule has 5 rings (SSSR count). The van der Waals surface area contributed by atoms with Gasteiger partial charge in [-0.15, -0.1) is 5.10 Å². The number of para-hydroxylation sites is 2. The number of hydrogen-bond acceptors (Lipinski definition) is 5. The highest BCUT2D eigenvalue weighted by molar-refractivity contribution is 7.22. The maximum atomic E-state index is 13.6. The monoisotopic (exact) mass is 413 g/mol. The zero-order valence-corrected chi connectivity index (χ0v) is 17.4. The number of hydrogen-bond donors (Lipinski definition) is 0. The lowest BCUT2D eigenvalue weighted by atomic mass is 10.1. The third-order valence-corrected chi connectivity index (χ3v) is 5.91. The summed E-state index contributed by atoms with van der Waals surface area (Å²) in [6.07, 6.45) is 0. The minimum atomic E-state index is -0.116. The summed E-state index contributed by atoms with van der Waals surface area (Å²) in [5.74, 6) is -0.116. The fourth-order valence-electron chi connectivity index (χ4n) is 3.63. The Morgan fingerprint density at radius 3 is 2.43 bits per heavy atom. The van der Waals surface area contributed by atoms with Gasteiger partial charge in [0.15, 0.2) is 5.13 Å². The van der Waals surface area contributed by atoms with Crippen molar-refractivity contribution < 1.29 is 4.79 Å². The number of carbonyl (C=O) groups is 1. The zero-order chi connectivity index (χ0) is 20.7. The van der Waals surface area contributed by atoms with Gasteiger partial charge in [-0.05, 0) is 61.4 Å². The highest BCUT2D eigenvalue weighted by atomic mass is 32.1. The van der Waals surface area contributed by atoms with Crippen LogP contribution in [0.3, 0.4) is 0 Å². The van der Waals surface area contributed by atoms with Gasteiger partial charge in [-0.2, -0.15) is 0 Å². The van der Waals surface area contributed by atoms with Crippen molar-refractivity contribution in [3.05, 3.63) is 77.9 Å². The van der Waals surface area contributed by atoms with Crippen LogP contribution in [0.5, 0.6) is 0 Å². The number of anilines is 2. The number of aromatic nitrogens is 4. The molecule has 0 N–H and O–H groups in total. The van der Waals surface area contributed by atoms with E-state index < -0.39 is 0 Å². The smallest absolute Gasteiger partial charge is 0.255 e. The molecule has 0 spiro atoms. The second kappa shape index (κ2) is 7.35. The molecule has 0 bridgehead atoms. The SMILES string of the molecule is Cc1cc(C)cc(N(C(=O)Cn2nnc3ccccc32)c2nc3ccccc3s2)c1.